The second-order valence-corrected chi connectivity index (χ2v) is 6.16. The summed E-state index contributed by atoms with van der Waals surface area (Å²) < 4.78 is 10.4. The maximum absolute atomic E-state index is 12.4. The maximum atomic E-state index is 12.4. The van der Waals surface area contributed by atoms with Crippen LogP contribution in [0.2, 0.25) is 0 Å². The molecule has 3 rings (SSSR count). The summed E-state index contributed by atoms with van der Waals surface area (Å²) >= 11 is 0. The molecule has 1 saturated heterocycles. The summed E-state index contributed by atoms with van der Waals surface area (Å²) in [5, 5.41) is 0. The van der Waals surface area contributed by atoms with Gasteiger partial charge in [0.2, 0.25) is 0 Å². The average Bonchev–Trinajstić information content (AvgIpc) is 2.94. The second kappa shape index (κ2) is 6.58. The van der Waals surface area contributed by atoms with Gasteiger partial charge in [-0.15, -0.1) is 0 Å². The zero-order valence-corrected chi connectivity index (χ0v) is 13.5. The zero-order chi connectivity index (χ0) is 16.4. The fraction of sp³-hybridized carbons (Fsp3) is 0.529. The number of ether oxygens (including phenoxy) is 2. The molecule has 2 atom stereocenters. The van der Waals surface area contributed by atoms with Crippen LogP contribution in [0.25, 0.3) is 0 Å². The summed E-state index contributed by atoms with van der Waals surface area (Å²) in [6, 6.07) is 7.82. The Hall–Kier alpha value is -2.08. The van der Waals surface area contributed by atoms with Gasteiger partial charge >= 0.3 is 12.1 Å². The molecule has 2 aliphatic heterocycles. The van der Waals surface area contributed by atoms with Crippen LogP contribution in [0.3, 0.4) is 0 Å². The lowest BCUT2D eigenvalue weighted by atomic mass is 10.0. The van der Waals surface area contributed by atoms with Gasteiger partial charge in [0.05, 0.1) is 7.11 Å². The number of amides is 1. The number of hydrogen-bond donors (Lipinski definition) is 0. The van der Waals surface area contributed by atoms with Crippen molar-refractivity contribution in [1.82, 2.24) is 9.80 Å². The van der Waals surface area contributed by atoms with E-state index in [0.29, 0.717) is 26.1 Å². The quantitative estimate of drug-likeness (QED) is 0.772. The number of likely N-dealkylation sites (tertiary alicyclic amines) is 1. The van der Waals surface area contributed by atoms with E-state index in [0.717, 1.165) is 6.42 Å². The average molecular weight is 318 g/mol. The van der Waals surface area contributed by atoms with Gasteiger partial charge < -0.3 is 14.4 Å². The van der Waals surface area contributed by atoms with Crippen LogP contribution in [-0.4, -0.2) is 61.3 Å². The first-order chi connectivity index (χ1) is 11.1. The molecule has 1 aromatic carbocycles. The molecule has 124 valence electrons. The number of carbonyl (C=O) groups is 2. The molecule has 1 amide bonds. The van der Waals surface area contributed by atoms with E-state index in [9.17, 15) is 9.59 Å². The van der Waals surface area contributed by atoms with Crippen LogP contribution in [0.4, 0.5) is 4.79 Å². The minimum Gasteiger partial charge on any atom is -0.468 e. The number of methoxy groups -OCH3 is 1. The monoisotopic (exact) mass is 318 g/mol. The number of likely N-dealkylation sites (N-methyl/N-ethyl adjacent to an activating group) is 1. The highest BCUT2D eigenvalue weighted by Gasteiger charge is 2.38. The lowest BCUT2D eigenvalue weighted by Crippen LogP contribution is -2.38. The third-order valence-electron chi connectivity index (χ3n) is 4.64. The van der Waals surface area contributed by atoms with Gasteiger partial charge in [0, 0.05) is 26.1 Å². The predicted octanol–water partition coefficient (Wildman–Crippen LogP) is 1.43. The Kier molecular flexibility index (Phi) is 4.52. The summed E-state index contributed by atoms with van der Waals surface area (Å²) in [6.45, 7) is 1.80. The standard InChI is InChI=1S/C17H22N2O4/c1-18-11-14(9-15(18)16(20)22-2)23-17(21)19-8-7-12-5-3-4-6-13(12)10-19/h3-6,14-15H,7-11H2,1-2H3/t14-,15+/m0/s1. The van der Waals surface area contributed by atoms with Crippen LogP contribution in [0, 0.1) is 0 Å². The van der Waals surface area contributed by atoms with Crippen LogP contribution in [0.5, 0.6) is 0 Å². The van der Waals surface area contributed by atoms with Gasteiger partial charge in [-0.1, -0.05) is 24.3 Å². The molecule has 0 aliphatic carbocycles. The molecule has 6 nitrogen and oxygen atoms in total. The first kappa shape index (κ1) is 15.8. The van der Waals surface area contributed by atoms with Crippen LogP contribution in [0.15, 0.2) is 24.3 Å². The predicted molar refractivity (Wildman–Crippen MR) is 83.9 cm³/mol. The van der Waals surface area contributed by atoms with Crippen molar-refractivity contribution < 1.29 is 19.1 Å². The first-order valence-electron chi connectivity index (χ1n) is 7.89. The van der Waals surface area contributed by atoms with Gasteiger partial charge in [0.1, 0.15) is 12.1 Å². The molecule has 2 heterocycles. The molecule has 0 unspecified atom stereocenters. The third-order valence-corrected chi connectivity index (χ3v) is 4.64. The van der Waals surface area contributed by atoms with Gasteiger partial charge in [-0.2, -0.15) is 0 Å². The van der Waals surface area contributed by atoms with Crippen molar-refractivity contribution in [3.63, 3.8) is 0 Å². The molecule has 0 bridgehead atoms. The lowest BCUT2D eigenvalue weighted by Gasteiger charge is -2.29. The molecular weight excluding hydrogens is 296 g/mol. The fourth-order valence-corrected chi connectivity index (χ4v) is 3.32. The molecule has 0 aromatic heterocycles. The molecule has 0 saturated carbocycles. The van der Waals surface area contributed by atoms with Crippen molar-refractivity contribution in [2.75, 3.05) is 27.2 Å². The van der Waals surface area contributed by atoms with E-state index >= 15 is 0 Å². The van der Waals surface area contributed by atoms with Crippen molar-refractivity contribution in [3.05, 3.63) is 35.4 Å². The molecule has 1 fully saturated rings. The summed E-state index contributed by atoms with van der Waals surface area (Å²) in [6.07, 6.45) is 0.761. The van der Waals surface area contributed by atoms with Gasteiger partial charge in [0.25, 0.3) is 0 Å². The highest BCUT2D eigenvalue weighted by molar-refractivity contribution is 5.76. The van der Waals surface area contributed by atoms with Gasteiger partial charge in [-0.3, -0.25) is 9.69 Å². The molecular formula is C17H22N2O4. The Morgan fingerprint density at radius 3 is 2.70 bits per heavy atom. The fourth-order valence-electron chi connectivity index (χ4n) is 3.32. The lowest BCUT2D eigenvalue weighted by molar-refractivity contribution is -0.145. The van der Waals surface area contributed by atoms with E-state index in [-0.39, 0.29) is 24.2 Å². The second-order valence-electron chi connectivity index (χ2n) is 6.16. The topological polar surface area (TPSA) is 59.1 Å². The van der Waals surface area contributed by atoms with Crippen molar-refractivity contribution in [3.8, 4) is 0 Å². The van der Waals surface area contributed by atoms with E-state index in [2.05, 4.69) is 6.07 Å². The Morgan fingerprint density at radius 2 is 1.96 bits per heavy atom. The smallest absolute Gasteiger partial charge is 0.410 e. The Balaban J connectivity index is 1.57. The maximum Gasteiger partial charge on any atom is 0.410 e. The van der Waals surface area contributed by atoms with E-state index in [1.165, 1.54) is 18.2 Å². The Labute approximate surface area is 136 Å². The SMILES string of the molecule is COC(=O)[C@H]1C[C@H](OC(=O)N2CCc3ccccc3C2)CN1C. The third kappa shape index (κ3) is 3.32. The van der Waals surface area contributed by atoms with Gasteiger partial charge in [-0.25, -0.2) is 4.79 Å². The number of nitrogens with zero attached hydrogens (tertiary/aromatic N) is 2. The number of hydrogen-bond acceptors (Lipinski definition) is 5. The van der Waals surface area contributed by atoms with Crippen LogP contribution >= 0.6 is 0 Å². The first-order valence-corrected chi connectivity index (χ1v) is 7.89. The summed E-state index contributed by atoms with van der Waals surface area (Å²) in [7, 11) is 3.22. The molecule has 1 aromatic rings. The van der Waals surface area contributed by atoms with E-state index < -0.39 is 0 Å². The van der Waals surface area contributed by atoms with Crippen molar-refractivity contribution in [1.29, 1.82) is 0 Å². The molecule has 0 spiro atoms. The highest BCUT2D eigenvalue weighted by atomic mass is 16.6. The Bertz CT molecular complexity index is 604. The normalized spacial score (nSPS) is 24.2. The van der Waals surface area contributed by atoms with Crippen LogP contribution in [-0.2, 0) is 27.2 Å². The molecule has 23 heavy (non-hydrogen) atoms. The largest absolute Gasteiger partial charge is 0.468 e. The summed E-state index contributed by atoms with van der Waals surface area (Å²) in [5.41, 5.74) is 2.47. The molecule has 0 N–H and O–H groups in total. The molecule has 6 heteroatoms. The highest BCUT2D eigenvalue weighted by Crippen LogP contribution is 2.23. The molecule has 2 aliphatic rings. The van der Waals surface area contributed by atoms with Crippen molar-refractivity contribution in [2.24, 2.45) is 0 Å². The van der Waals surface area contributed by atoms with Crippen LogP contribution in [0.1, 0.15) is 17.5 Å². The number of carbonyl (C=O) groups excluding carboxylic acids is 2. The van der Waals surface area contributed by atoms with E-state index in [1.807, 2.05) is 30.1 Å². The van der Waals surface area contributed by atoms with Crippen LogP contribution < -0.4 is 0 Å². The molecule has 0 radical (unpaired) electrons. The number of benzene rings is 1. The van der Waals surface area contributed by atoms with E-state index in [4.69, 9.17) is 9.47 Å². The van der Waals surface area contributed by atoms with E-state index in [1.54, 1.807) is 4.90 Å². The van der Waals surface area contributed by atoms with Gasteiger partial charge in [-0.05, 0) is 24.6 Å². The summed E-state index contributed by atoms with van der Waals surface area (Å²) in [5.74, 6) is -0.280. The minimum atomic E-state index is -0.333. The summed E-state index contributed by atoms with van der Waals surface area (Å²) in [4.78, 5) is 27.7. The minimum absolute atomic E-state index is 0.270. The number of esters is 1. The zero-order valence-electron chi connectivity index (χ0n) is 13.5. The van der Waals surface area contributed by atoms with Crippen molar-refractivity contribution >= 4 is 12.1 Å². The number of fused-ring (bicyclic) bond motifs is 1. The van der Waals surface area contributed by atoms with Gasteiger partial charge in [0.15, 0.2) is 0 Å². The Morgan fingerprint density at radius 1 is 1.22 bits per heavy atom. The number of rotatable bonds is 2. The van der Waals surface area contributed by atoms with Crippen molar-refractivity contribution in [2.45, 2.75) is 31.5 Å².